The molecular weight excluding hydrogens is 404 g/mol. The maximum atomic E-state index is 12.7. The fourth-order valence-electron chi connectivity index (χ4n) is 4.36. The molecule has 1 saturated heterocycles. The Morgan fingerprint density at radius 2 is 1.80 bits per heavy atom. The number of ether oxygens (including phenoxy) is 1. The lowest BCUT2D eigenvalue weighted by atomic mass is 9.94. The minimum Gasteiger partial charge on any atom is -0.450 e. The van der Waals surface area contributed by atoms with Crippen LogP contribution >= 0.6 is 11.8 Å². The number of aliphatic imine (C=N–C) groups is 2. The van der Waals surface area contributed by atoms with Gasteiger partial charge in [0.15, 0.2) is 0 Å². The molecule has 3 heterocycles. The van der Waals surface area contributed by atoms with Crippen LogP contribution < -0.4 is 0 Å². The number of rotatable bonds is 4. The fourth-order valence-corrected chi connectivity index (χ4v) is 5.72. The standard InChI is InChI=1S/C21H28N4O4S/c1-2-29-21(28)25-12-10-24(11-13-25)17(26)9-8-16-22-19(27)18-14-6-4-3-5-7-15(14)30-20(18)23-16/h18H,2-13H2,1H3. The van der Waals surface area contributed by atoms with Gasteiger partial charge in [-0.05, 0) is 43.1 Å². The van der Waals surface area contributed by atoms with E-state index in [-0.39, 0.29) is 30.2 Å². The van der Waals surface area contributed by atoms with Crippen LogP contribution in [0.3, 0.4) is 0 Å². The third kappa shape index (κ3) is 4.45. The van der Waals surface area contributed by atoms with Crippen LogP contribution in [0.15, 0.2) is 20.5 Å². The Bertz CT molecular complexity index is 827. The number of piperazine rings is 1. The molecule has 0 aromatic heterocycles. The predicted molar refractivity (Wildman–Crippen MR) is 115 cm³/mol. The molecule has 3 aliphatic heterocycles. The molecule has 0 aromatic carbocycles. The lowest BCUT2D eigenvalue weighted by molar-refractivity contribution is -0.132. The lowest BCUT2D eigenvalue weighted by Crippen LogP contribution is -2.50. The van der Waals surface area contributed by atoms with E-state index in [1.165, 1.54) is 23.3 Å². The van der Waals surface area contributed by atoms with Crippen LogP contribution in [0, 0.1) is 5.92 Å². The number of fused-ring (bicyclic) bond motifs is 2. The SMILES string of the molecule is CCOC(=O)N1CCN(C(=O)CCC2=NC(=O)C3C(=N2)SC2=C3CCCCC2)CC1. The molecule has 4 aliphatic rings. The molecule has 0 saturated carbocycles. The summed E-state index contributed by atoms with van der Waals surface area (Å²) in [6, 6.07) is 0. The second-order valence-corrected chi connectivity index (χ2v) is 9.04. The van der Waals surface area contributed by atoms with Crippen molar-refractivity contribution in [3.05, 3.63) is 10.5 Å². The molecule has 8 nitrogen and oxygen atoms in total. The predicted octanol–water partition coefficient (Wildman–Crippen LogP) is 2.99. The Balaban J connectivity index is 1.29. The first-order chi connectivity index (χ1) is 14.6. The van der Waals surface area contributed by atoms with E-state index < -0.39 is 0 Å². The van der Waals surface area contributed by atoms with Crippen molar-refractivity contribution in [3.63, 3.8) is 0 Å². The smallest absolute Gasteiger partial charge is 0.409 e. The van der Waals surface area contributed by atoms with Crippen LogP contribution in [0.4, 0.5) is 4.79 Å². The van der Waals surface area contributed by atoms with Crippen molar-refractivity contribution in [2.75, 3.05) is 32.8 Å². The van der Waals surface area contributed by atoms with Gasteiger partial charge < -0.3 is 14.5 Å². The second kappa shape index (κ2) is 9.32. The van der Waals surface area contributed by atoms with Gasteiger partial charge in [0.2, 0.25) is 5.91 Å². The number of carbonyl (C=O) groups is 3. The van der Waals surface area contributed by atoms with Gasteiger partial charge in [-0.3, -0.25) is 9.59 Å². The van der Waals surface area contributed by atoms with E-state index in [1.54, 1.807) is 28.5 Å². The maximum absolute atomic E-state index is 12.7. The fraction of sp³-hybridized carbons (Fsp3) is 0.667. The first-order valence-corrected chi connectivity index (χ1v) is 11.7. The van der Waals surface area contributed by atoms with E-state index in [0.717, 1.165) is 24.3 Å². The van der Waals surface area contributed by atoms with Crippen molar-refractivity contribution in [3.8, 4) is 0 Å². The van der Waals surface area contributed by atoms with Gasteiger partial charge >= 0.3 is 6.09 Å². The minimum atomic E-state index is -0.328. The molecule has 1 fully saturated rings. The van der Waals surface area contributed by atoms with E-state index in [1.807, 2.05) is 0 Å². The third-order valence-corrected chi connectivity index (χ3v) is 7.23. The zero-order valence-corrected chi connectivity index (χ0v) is 18.2. The molecule has 1 atom stereocenters. The molecule has 0 bridgehead atoms. The number of amidine groups is 1. The second-order valence-electron chi connectivity index (χ2n) is 7.93. The molecule has 30 heavy (non-hydrogen) atoms. The summed E-state index contributed by atoms with van der Waals surface area (Å²) in [6.07, 6.45) is 5.83. The van der Waals surface area contributed by atoms with Crippen LogP contribution in [0.25, 0.3) is 0 Å². The van der Waals surface area contributed by atoms with Crippen molar-refractivity contribution >= 4 is 40.5 Å². The number of hydrogen-bond donors (Lipinski definition) is 0. The van der Waals surface area contributed by atoms with E-state index in [4.69, 9.17) is 4.74 Å². The highest BCUT2D eigenvalue weighted by Crippen LogP contribution is 2.46. The summed E-state index contributed by atoms with van der Waals surface area (Å²) in [5.74, 6) is 0.0855. The summed E-state index contributed by atoms with van der Waals surface area (Å²) in [5.41, 5.74) is 1.24. The molecule has 0 radical (unpaired) electrons. The topological polar surface area (TPSA) is 91.6 Å². The van der Waals surface area contributed by atoms with Gasteiger partial charge in [-0.2, -0.15) is 4.99 Å². The highest BCUT2D eigenvalue weighted by Gasteiger charge is 2.40. The van der Waals surface area contributed by atoms with Crippen LogP contribution in [0.1, 0.15) is 51.9 Å². The Morgan fingerprint density at radius 1 is 1.07 bits per heavy atom. The molecular formula is C21H28N4O4S. The molecule has 0 aromatic rings. The largest absolute Gasteiger partial charge is 0.450 e. The normalized spacial score (nSPS) is 24.0. The van der Waals surface area contributed by atoms with Gasteiger partial charge in [0.1, 0.15) is 11.8 Å². The highest BCUT2D eigenvalue weighted by molar-refractivity contribution is 8.17. The number of hydrogen-bond acceptors (Lipinski definition) is 6. The summed E-state index contributed by atoms with van der Waals surface area (Å²) in [4.78, 5) is 50.6. The molecule has 162 valence electrons. The van der Waals surface area contributed by atoms with Crippen molar-refractivity contribution in [1.29, 1.82) is 0 Å². The Labute approximate surface area is 180 Å². The molecule has 1 aliphatic carbocycles. The maximum Gasteiger partial charge on any atom is 0.409 e. The lowest BCUT2D eigenvalue weighted by Gasteiger charge is -2.34. The van der Waals surface area contributed by atoms with Crippen LogP contribution in [0.5, 0.6) is 0 Å². The zero-order chi connectivity index (χ0) is 21.1. The number of allylic oxidation sites excluding steroid dienone is 1. The monoisotopic (exact) mass is 432 g/mol. The van der Waals surface area contributed by atoms with E-state index >= 15 is 0 Å². The summed E-state index contributed by atoms with van der Waals surface area (Å²) in [7, 11) is 0. The number of amides is 3. The number of carbonyl (C=O) groups excluding carboxylic acids is 3. The molecule has 4 rings (SSSR count). The van der Waals surface area contributed by atoms with Crippen molar-refractivity contribution in [2.45, 2.75) is 51.9 Å². The number of nitrogens with zero attached hydrogens (tertiary/aromatic N) is 4. The molecule has 9 heteroatoms. The molecule has 0 N–H and O–H groups in total. The molecule has 1 unspecified atom stereocenters. The summed E-state index contributed by atoms with van der Waals surface area (Å²) in [6.45, 7) is 4.06. The Hall–Kier alpha value is -2.16. The third-order valence-electron chi connectivity index (χ3n) is 5.98. The van der Waals surface area contributed by atoms with Gasteiger partial charge in [0.25, 0.3) is 5.91 Å². The van der Waals surface area contributed by atoms with E-state index in [0.29, 0.717) is 45.0 Å². The van der Waals surface area contributed by atoms with Crippen LogP contribution in [0.2, 0.25) is 0 Å². The van der Waals surface area contributed by atoms with Crippen molar-refractivity contribution < 1.29 is 19.1 Å². The Morgan fingerprint density at radius 3 is 2.57 bits per heavy atom. The van der Waals surface area contributed by atoms with Gasteiger partial charge in [-0.15, -0.1) is 0 Å². The Kier molecular flexibility index (Phi) is 6.55. The van der Waals surface area contributed by atoms with Crippen molar-refractivity contribution in [1.82, 2.24) is 9.80 Å². The summed E-state index contributed by atoms with van der Waals surface area (Å²) < 4.78 is 5.01. The number of thioether (sulfide) groups is 1. The van der Waals surface area contributed by atoms with E-state index in [9.17, 15) is 14.4 Å². The minimum absolute atomic E-state index is 0.00367. The average molecular weight is 433 g/mol. The van der Waals surface area contributed by atoms with Gasteiger partial charge in [0, 0.05) is 39.0 Å². The highest BCUT2D eigenvalue weighted by atomic mass is 32.2. The van der Waals surface area contributed by atoms with Gasteiger partial charge in [0.05, 0.1) is 11.7 Å². The molecule has 3 amide bonds. The van der Waals surface area contributed by atoms with Gasteiger partial charge in [-0.1, -0.05) is 18.2 Å². The first kappa shape index (κ1) is 21.1. The average Bonchev–Trinajstić information content (AvgIpc) is 2.94. The summed E-state index contributed by atoms with van der Waals surface area (Å²) >= 11 is 1.65. The molecule has 0 spiro atoms. The first-order valence-electron chi connectivity index (χ1n) is 10.9. The van der Waals surface area contributed by atoms with Gasteiger partial charge in [-0.25, -0.2) is 9.79 Å². The van der Waals surface area contributed by atoms with Crippen LogP contribution in [-0.4, -0.2) is 71.4 Å². The van der Waals surface area contributed by atoms with Crippen LogP contribution in [-0.2, 0) is 14.3 Å². The zero-order valence-electron chi connectivity index (χ0n) is 17.4. The van der Waals surface area contributed by atoms with E-state index in [2.05, 4.69) is 9.98 Å². The quantitative estimate of drug-likeness (QED) is 0.681. The summed E-state index contributed by atoms with van der Waals surface area (Å²) in [5, 5.41) is 0.854. The van der Waals surface area contributed by atoms with Crippen molar-refractivity contribution in [2.24, 2.45) is 15.9 Å².